The molecule has 10 heteroatoms. The minimum absolute atomic E-state index is 0.136. The van der Waals surface area contributed by atoms with Gasteiger partial charge in [-0.3, -0.25) is 10.1 Å². The molecule has 1 unspecified atom stereocenters. The van der Waals surface area contributed by atoms with Crippen LogP contribution in [-0.2, 0) is 9.53 Å². The Bertz CT molecular complexity index is 1520. The molecular formula is C41H54N2O8. The maximum absolute atomic E-state index is 13.0. The highest BCUT2D eigenvalue weighted by Gasteiger charge is 2.26. The summed E-state index contributed by atoms with van der Waals surface area (Å²) in [6.45, 7) is 8.57. The van der Waals surface area contributed by atoms with E-state index in [1.54, 1.807) is 12.1 Å². The van der Waals surface area contributed by atoms with E-state index in [9.17, 15) is 19.7 Å². The zero-order valence-electron chi connectivity index (χ0n) is 30.2. The fourth-order valence-corrected chi connectivity index (χ4v) is 5.62. The second kappa shape index (κ2) is 22.8. The van der Waals surface area contributed by atoms with Gasteiger partial charge >= 0.3 is 11.9 Å². The molecule has 10 nitrogen and oxygen atoms in total. The standard InChI is InChI=1S/C41H54N2O8/c1-4-6-7-15-18-31(3)50-39-30-38(43(46)47)36(29-37(39)42)41(45)51-35-25-21-33(22-26-35)32-19-23-34(24-20-32)48-27-16-13-11-9-8-10-12-14-17-28-49-40(44)5-2/h5,19-26,29-31H,2,4,6-18,27-28,42H2,1,3H3. The van der Waals surface area contributed by atoms with E-state index >= 15 is 0 Å². The van der Waals surface area contributed by atoms with Crippen molar-refractivity contribution in [2.75, 3.05) is 18.9 Å². The van der Waals surface area contributed by atoms with Crippen LogP contribution in [0, 0.1) is 10.1 Å². The fraction of sp³-hybridized carbons (Fsp3) is 0.463. The lowest BCUT2D eigenvalue weighted by atomic mass is 10.1. The predicted molar refractivity (Wildman–Crippen MR) is 201 cm³/mol. The quantitative estimate of drug-likeness (QED) is 0.0174. The van der Waals surface area contributed by atoms with Gasteiger partial charge in [-0.1, -0.05) is 102 Å². The van der Waals surface area contributed by atoms with Gasteiger partial charge in [0.1, 0.15) is 22.8 Å². The number of esters is 2. The molecule has 0 saturated carbocycles. The van der Waals surface area contributed by atoms with E-state index in [2.05, 4.69) is 13.5 Å². The molecule has 0 aliphatic heterocycles. The minimum Gasteiger partial charge on any atom is -0.494 e. The van der Waals surface area contributed by atoms with Crippen molar-refractivity contribution in [1.82, 2.24) is 0 Å². The number of ether oxygens (including phenoxy) is 4. The molecule has 3 aromatic carbocycles. The molecule has 0 aliphatic rings. The summed E-state index contributed by atoms with van der Waals surface area (Å²) in [7, 11) is 0. The van der Waals surface area contributed by atoms with Crippen LogP contribution < -0.4 is 19.9 Å². The zero-order valence-corrected chi connectivity index (χ0v) is 30.2. The molecular weight excluding hydrogens is 648 g/mol. The Balaban J connectivity index is 1.40. The molecule has 0 radical (unpaired) electrons. The Hall–Kier alpha value is -4.86. The number of nitrogens with two attached hydrogens (primary N) is 1. The van der Waals surface area contributed by atoms with Gasteiger partial charge in [-0.25, -0.2) is 9.59 Å². The Morgan fingerprint density at radius 3 is 1.92 bits per heavy atom. The second-order valence-electron chi connectivity index (χ2n) is 12.8. The summed E-state index contributed by atoms with van der Waals surface area (Å²) in [4.78, 5) is 35.3. The number of nitrogen functional groups attached to an aromatic ring is 1. The SMILES string of the molecule is C=CC(=O)OCCCCCCCCCCCOc1ccc(-c2ccc(OC(=O)c3cc(N)c(OC(C)CCCCCC)cc3[N+](=O)[O-])cc2)cc1. The minimum atomic E-state index is -0.876. The van der Waals surface area contributed by atoms with Crippen LogP contribution in [0.3, 0.4) is 0 Å². The van der Waals surface area contributed by atoms with Gasteiger partial charge in [-0.2, -0.15) is 0 Å². The van der Waals surface area contributed by atoms with Gasteiger partial charge in [0.25, 0.3) is 5.69 Å². The van der Waals surface area contributed by atoms with Crippen molar-refractivity contribution in [2.24, 2.45) is 0 Å². The van der Waals surface area contributed by atoms with E-state index < -0.39 is 16.6 Å². The number of hydrogen-bond donors (Lipinski definition) is 1. The molecule has 0 bridgehead atoms. The van der Waals surface area contributed by atoms with Crippen LogP contribution in [0.5, 0.6) is 17.2 Å². The summed E-state index contributed by atoms with van der Waals surface area (Å²) in [6.07, 6.45) is 16.3. The highest BCUT2D eigenvalue weighted by Crippen LogP contribution is 2.33. The molecule has 2 N–H and O–H groups in total. The molecule has 0 saturated heterocycles. The van der Waals surface area contributed by atoms with Crippen molar-refractivity contribution < 1.29 is 33.5 Å². The number of nitrogens with zero attached hydrogens (tertiary/aromatic N) is 1. The summed E-state index contributed by atoms with van der Waals surface area (Å²) >= 11 is 0. The molecule has 0 aromatic heterocycles. The van der Waals surface area contributed by atoms with Crippen LogP contribution in [0.1, 0.15) is 114 Å². The highest BCUT2D eigenvalue weighted by molar-refractivity contribution is 5.97. The van der Waals surface area contributed by atoms with Gasteiger partial charge in [0.15, 0.2) is 0 Å². The first-order valence-corrected chi connectivity index (χ1v) is 18.3. The fourth-order valence-electron chi connectivity index (χ4n) is 5.62. The molecule has 0 aliphatic carbocycles. The number of hydrogen-bond acceptors (Lipinski definition) is 9. The normalized spacial score (nSPS) is 11.4. The van der Waals surface area contributed by atoms with Crippen molar-refractivity contribution in [3.05, 3.63) is 89.0 Å². The number of unbranched alkanes of at least 4 members (excludes halogenated alkanes) is 11. The van der Waals surface area contributed by atoms with E-state index in [0.717, 1.165) is 81.1 Å². The monoisotopic (exact) mass is 702 g/mol. The first-order chi connectivity index (χ1) is 24.7. The first kappa shape index (κ1) is 40.6. The number of anilines is 1. The highest BCUT2D eigenvalue weighted by atomic mass is 16.6. The third-order valence-corrected chi connectivity index (χ3v) is 8.56. The van der Waals surface area contributed by atoms with Crippen molar-refractivity contribution in [2.45, 2.75) is 110 Å². The maximum Gasteiger partial charge on any atom is 0.350 e. The molecule has 1 atom stereocenters. The molecule has 0 spiro atoms. The molecule has 0 heterocycles. The Labute approximate surface area is 302 Å². The maximum atomic E-state index is 13.0. The second-order valence-corrected chi connectivity index (χ2v) is 12.8. The Morgan fingerprint density at radius 1 is 0.804 bits per heavy atom. The van der Waals surface area contributed by atoms with Gasteiger partial charge < -0.3 is 24.7 Å². The summed E-state index contributed by atoms with van der Waals surface area (Å²) in [5, 5.41) is 11.9. The van der Waals surface area contributed by atoms with Gasteiger partial charge in [-0.05, 0) is 74.1 Å². The van der Waals surface area contributed by atoms with Crippen LogP contribution in [0.4, 0.5) is 11.4 Å². The average molecular weight is 703 g/mol. The molecule has 51 heavy (non-hydrogen) atoms. The van der Waals surface area contributed by atoms with Crippen LogP contribution in [-0.4, -0.2) is 36.2 Å². The largest absolute Gasteiger partial charge is 0.494 e. The molecule has 3 aromatic rings. The number of benzene rings is 3. The first-order valence-electron chi connectivity index (χ1n) is 18.3. The predicted octanol–water partition coefficient (Wildman–Crippen LogP) is 10.4. The lowest BCUT2D eigenvalue weighted by Gasteiger charge is -2.17. The summed E-state index contributed by atoms with van der Waals surface area (Å²) in [5.41, 5.74) is 7.50. The number of carbonyl (C=O) groups is 2. The van der Waals surface area contributed by atoms with E-state index in [-0.39, 0.29) is 34.8 Å². The van der Waals surface area contributed by atoms with Gasteiger partial charge in [0, 0.05) is 6.08 Å². The molecule has 3 rings (SSSR count). The van der Waals surface area contributed by atoms with Gasteiger partial charge in [0.05, 0.1) is 36.0 Å². The third kappa shape index (κ3) is 14.9. The van der Waals surface area contributed by atoms with E-state index in [4.69, 9.17) is 24.7 Å². The van der Waals surface area contributed by atoms with Crippen LogP contribution in [0.2, 0.25) is 0 Å². The lowest BCUT2D eigenvalue weighted by molar-refractivity contribution is -0.385. The summed E-state index contributed by atoms with van der Waals surface area (Å²) in [5.74, 6) is 0.0110. The third-order valence-electron chi connectivity index (χ3n) is 8.56. The van der Waals surface area contributed by atoms with Crippen LogP contribution >= 0.6 is 0 Å². The van der Waals surface area contributed by atoms with Crippen molar-refractivity contribution >= 4 is 23.3 Å². The summed E-state index contributed by atoms with van der Waals surface area (Å²) in [6, 6.07) is 17.2. The number of carbonyl (C=O) groups excluding carboxylic acids is 2. The molecule has 276 valence electrons. The zero-order chi connectivity index (χ0) is 36.8. The Kier molecular flexibility index (Phi) is 18.1. The topological polar surface area (TPSA) is 140 Å². The molecule has 0 fully saturated rings. The van der Waals surface area contributed by atoms with E-state index in [1.807, 2.05) is 43.3 Å². The smallest absolute Gasteiger partial charge is 0.350 e. The van der Waals surface area contributed by atoms with Gasteiger partial charge in [0.2, 0.25) is 0 Å². The lowest BCUT2D eigenvalue weighted by Crippen LogP contribution is -2.15. The van der Waals surface area contributed by atoms with Crippen molar-refractivity contribution in [3.8, 4) is 28.4 Å². The average Bonchev–Trinajstić information content (AvgIpc) is 3.13. The van der Waals surface area contributed by atoms with Crippen LogP contribution in [0.15, 0.2) is 73.3 Å². The number of nitro groups is 1. The van der Waals surface area contributed by atoms with Crippen LogP contribution in [0.25, 0.3) is 11.1 Å². The van der Waals surface area contributed by atoms with E-state index in [1.165, 1.54) is 43.9 Å². The van der Waals surface area contributed by atoms with E-state index in [0.29, 0.717) is 13.2 Å². The van der Waals surface area contributed by atoms with Gasteiger partial charge in [-0.15, -0.1) is 0 Å². The van der Waals surface area contributed by atoms with Crippen molar-refractivity contribution in [3.63, 3.8) is 0 Å². The summed E-state index contributed by atoms with van der Waals surface area (Å²) < 4.78 is 22.3. The van der Waals surface area contributed by atoms with Crippen molar-refractivity contribution in [1.29, 1.82) is 0 Å². The molecule has 0 amide bonds. The number of rotatable bonds is 25. The number of nitro benzene ring substituents is 1. The Morgan fingerprint density at radius 2 is 1.35 bits per heavy atom.